The Kier molecular flexibility index (Phi) is 6.56. The number of aliphatic imine (C=N–C) groups is 1. The fraction of sp³-hybridized carbons (Fsp3) is 0.611. The van der Waals surface area contributed by atoms with Gasteiger partial charge in [0.05, 0.1) is 14.2 Å². The maximum Gasteiger partial charge on any atom is 0.193 e. The maximum atomic E-state index is 5.47. The molecular weight excluding hydrogens is 290 g/mol. The van der Waals surface area contributed by atoms with Gasteiger partial charge in [0.25, 0.3) is 0 Å². The van der Waals surface area contributed by atoms with E-state index in [0.29, 0.717) is 0 Å². The average Bonchev–Trinajstić information content (AvgIpc) is 3.39. The Morgan fingerprint density at radius 1 is 1.30 bits per heavy atom. The van der Waals surface area contributed by atoms with Gasteiger partial charge in [0.1, 0.15) is 11.5 Å². The summed E-state index contributed by atoms with van der Waals surface area (Å²) in [5, 5.41) is 3.44. The molecule has 1 aliphatic carbocycles. The molecule has 0 unspecified atom stereocenters. The van der Waals surface area contributed by atoms with Crippen molar-refractivity contribution in [2.45, 2.75) is 32.2 Å². The Morgan fingerprint density at radius 3 is 2.70 bits per heavy atom. The van der Waals surface area contributed by atoms with Gasteiger partial charge >= 0.3 is 0 Å². The summed E-state index contributed by atoms with van der Waals surface area (Å²) < 4.78 is 10.7. The summed E-state index contributed by atoms with van der Waals surface area (Å²) >= 11 is 0. The van der Waals surface area contributed by atoms with Gasteiger partial charge in [0.15, 0.2) is 5.96 Å². The first-order valence-corrected chi connectivity index (χ1v) is 8.30. The molecule has 1 aliphatic rings. The number of hydrogen-bond acceptors (Lipinski definition) is 3. The van der Waals surface area contributed by atoms with Crippen molar-refractivity contribution < 1.29 is 9.47 Å². The molecule has 1 aromatic rings. The largest absolute Gasteiger partial charge is 0.497 e. The Morgan fingerprint density at radius 2 is 2.09 bits per heavy atom. The molecule has 0 aliphatic heterocycles. The molecule has 0 amide bonds. The summed E-state index contributed by atoms with van der Waals surface area (Å²) in [5.74, 6) is 3.54. The lowest BCUT2D eigenvalue weighted by Gasteiger charge is -2.23. The molecule has 1 aromatic carbocycles. The van der Waals surface area contributed by atoms with Crippen molar-refractivity contribution in [3.63, 3.8) is 0 Å². The zero-order valence-electron chi connectivity index (χ0n) is 14.8. The highest BCUT2D eigenvalue weighted by molar-refractivity contribution is 5.79. The molecule has 0 atom stereocenters. The van der Waals surface area contributed by atoms with Crippen molar-refractivity contribution in [1.82, 2.24) is 10.2 Å². The van der Waals surface area contributed by atoms with Crippen molar-refractivity contribution in [3.05, 3.63) is 23.8 Å². The van der Waals surface area contributed by atoms with E-state index in [0.717, 1.165) is 42.0 Å². The minimum atomic E-state index is 0.732. The maximum absolute atomic E-state index is 5.47. The summed E-state index contributed by atoms with van der Waals surface area (Å²) in [6, 6.07) is 5.90. The summed E-state index contributed by atoms with van der Waals surface area (Å²) in [5.41, 5.74) is 1.11. The van der Waals surface area contributed by atoms with Crippen LogP contribution in [0, 0.1) is 5.92 Å². The summed E-state index contributed by atoms with van der Waals surface area (Å²) in [6.07, 6.45) is 5.39. The van der Waals surface area contributed by atoms with Crippen LogP contribution in [0.4, 0.5) is 0 Å². The number of nitrogens with zero attached hydrogens (tertiary/aromatic N) is 2. The molecule has 23 heavy (non-hydrogen) atoms. The van der Waals surface area contributed by atoms with Crippen molar-refractivity contribution in [3.8, 4) is 11.5 Å². The average molecular weight is 319 g/mol. The first-order valence-electron chi connectivity index (χ1n) is 8.30. The number of methoxy groups -OCH3 is 2. The predicted molar refractivity (Wildman–Crippen MR) is 94.3 cm³/mol. The van der Waals surface area contributed by atoms with Crippen LogP contribution in [0.5, 0.6) is 11.5 Å². The van der Waals surface area contributed by atoms with Crippen LogP contribution in [-0.2, 0) is 6.54 Å². The minimum absolute atomic E-state index is 0.732. The number of nitrogens with one attached hydrogen (secondary N) is 1. The highest BCUT2D eigenvalue weighted by atomic mass is 16.5. The molecule has 5 heteroatoms. The van der Waals surface area contributed by atoms with Crippen LogP contribution in [0.3, 0.4) is 0 Å². The summed E-state index contributed by atoms with van der Waals surface area (Å²) in [4.78, 5) is 6.48. The van der Waals surface area contributed by atoms with Gasteiger partial charge in [-0.05, 0) is 30.9 Å². The van der Waals surface area contributed by atoms with Gasteiger partial charge < -0.3 is 19.7 Å². The second-order valence-electron chi connectivity index (χ2n) is 6.09. The minimum Gasteiger partial charge on any atom is -0.497 e. The van der Waals surface area contributed by atoms with Crippen LogP contribution in [0.2, 0.25) is 0 Å². The van der Waals surface area contributed by atoms with E-state index in [1.165, 1.54) is 25.7 Å². The fourth-order valence-electron chi connectivity index (χ4n) is 2.70. The van der Waals surface area contributed by atoms with Crippen LogP contribution >= 0.6 is 0 Å². The van der Waals surface area contributed by atoms with Crippen molar-refractivity contribution in [2.24, 2.45) is 10.9 Å². The van der Waals surface area contributed by atoms with E-state index in [9.17, 15) is 0 Å². The number of benzene rings is 1. The molecule has 0 aromatic heterocycles. The SMILES string of the molecule is CN=C(NCCCC1CC1)N(C)Cc1ccc(OC)cc1OC. The van der Waals surface area contributed by atoms with Crippen LogP contribution in [0.1, 0.15) is 31.2 Å². The normalized spacial score (nSPS) is 14.5. The Balaban J connectivity index is 1.88. The number of ether oxygens (including phenoxy) is 2. The van der Waals surface area contributed by atoms with Crippen molar-refractivity contribution in [1.29, 1.82) is 0 Å². The lowest BCUT2D eigenvalue weighted by atomic mass is 10.2. The quantitative estimate of drug-likeness (QED) is 0.455. The monoisotopic (exact) mass is 319 g/mol. The predicted octanol–water partition coefficient (Wildman–Crippen LogP) is 2.90. The second kappa shape index (κ2) is 8.65. The number of rotatable bonds is 8. The summed E-state index contributed by atoms with van der Waals surface area (Å²) in [7, 11) is 7.21. The van der Waals surface area contributed by atoms with E-state index in [1.54, 1.807) is 14.2 Å². The molecule has 0 radical (unpaired) electrons. The lowest BCUT2D eigenvalue weighted by molar-refractivity contribution is 0.382. The molecule has 2 rings (SSSR count). The molecule has 1 fully saturated rings. The molecule has 5 nitrogen and oxygen atoms in total. The standard InChI is InChI=1S/C18H29N3O2/c1-19-18(20-11-5-6-14-7-8-14)21(2)13-15-9-10-16(22-3)12-17(15)23-4/h9-10,12,14H,5-8,11,13H2,1-4H3,(H,19,20). The first kappa shape index (κ1) is 17.4. The fourth-order valence-corrected chi connectivity index (χ4v) is 2.70. The molecular formula is C18H29N3O2. The molecule has 0 saturated heterocycles. The van der Waals surface area contributed by atoms with E-state index in [1.807, 2.05) is 32.3 Å². The molecule has 1 saturated carbocycles. The first-order chi connectivity index (χ1) is 11.2. The number of guanidine groups is 1. The van der Waals surface area contributed by atoms with Gasteiger partial charge in [0.2, 0.25) is 0 Å². The van der Waals surface area contributed by atoms with E-state index in [2.05, 4.69) is 15.2 Å². The zero-order chi connectivity index (χ0) is 16.7. The molecule has 1 N–H and O–H groups in total. The topological polar surface area (TPSA) is 46.1 Å². The Labute approximate surface area is 139 Å². The van der Waals surface area contributed by atoms with Gasteiger partial charge in [-0.15, -0.1) is 0 Å². The Bertz CT molecular complexity index is 527. The number of hydrogen-bond donors (Lipinski definition) is 1. The third-order valence-electron chi connectivity index (χ3n) is 4.24. The van der Waals surface area contributed by atoms with Crippen LogP contribution in [0.15, 0.2) is 23.2 Å². The van der Waals surface area contributed by atoms with E-state index >= 15 is 0 Å². The third kappa shape index (κ3) is 5.34. The molecule has 0 spiro atoms. The van der Waals surface area contributed by atoms with Crippen molar-refractivity contribution in [2.75, 3.05) is 34.9 Å². The van der Waals surface area contributed by atoms with Gasteiger partial charge in [-0.1, -0.05) is 12.8 Å². The van der Waals surface area contributed by atoms with Gasteiger partial charge in [0, 0.05) is 38.8 Å². The van der Waals surface area contributed by atoms with Gasteiger partial charge in [-0.2, -0.15) is 0 Å². The molecule has 128 valence electrons. The summed E-state index contributed by atoms with van der Waals surface area (Å²) in [6.45, 7) is 1.71. The highest BCUT2D eigenvalue weighted by Crippen LogP contribution is 2.33. The van der Waals surface area contributed by atoms with Gasteiger partial charge in [-0.3, -0.25) is 4.99 Å². The van der Waals surface area contributed by atoms with E-state index in [-0.39, 0.29) is 0 Å². The van der Waals surface area contributed by atoms with Crippen LogP contribution < -0.4 is 14.8 Å². The Hall–Kier alpha value is -1.91. The van der Waals surface area contributed by atoms with Crippen LogP contribution in [0.25, 0.3) is 0 Å². The second-order valence-corrected chi connectivity index (χ2v) is 6.09. The van der Waals surface area contributed by atoms with Crippen molar-refractivity contribution >= 4 is 5.96 Å². The smallest absolute Gasteiger partial charge is 0.193 e. The molecule has 0 heterocycles. The highest BCUT2D eigenvalue weighted by Gasteiger charge is 2.20. The zero-order valence-corrected chi connectivity index (χ0v) is 14.8. The van der Waals surface area contributed by atoms with E-state index < -0.39 is 0 Å². The molecule has 0 bridgehead atoms. The van der Waals surface area contributed by atoms with Crippen LogP contribution in [-0.4, -0.2) is 45.7 Å². The van der Waals surface area contributed by atoms with E-state index in [4.69, 9.17) is 9.47 Å². The lowest BCUT2D eigenvalue weighted by Crippen LogP contribution is -2.38. The van der Waals surface area contributed by atoms with Gasteiger partial charge in [-0.25, -0.2) is 0 Å². The third-order valence-corrected chi connectivity index (χ3v) is 4.24.